The molecule has 0 fully saturated rings. The molecule has 0 saturated carbocycles. The summed E-state index contributed by atoms with van der Waals surface area (Å²) in [6.07, 6.45) is 2.54. The third-order valence-corrected chi connectivity index (χ3v) is 1.79. The Morgan fingerprint density at radius 2 is 2.36 bits per heavy atom. The van der Waals surface area contributed by atoms with Gasteiger partial charge in [0, 0.05) is 5.92 Å². The summed E-state index contributed by atoms with van der Waals surface area (Å²) < 4.78 is 1.42. The average molecular weight is 197 g/mol. The van der Waals surface area contributed by atoms with Gasteiger partial charge in [-0.05, 0) is 9.91 Å². The number of Topliss-reactive ketones (excluding diaryl/α,β-unsaturated/α-hetero) is 1. The summed E-state index contributed by atoms with van der Waals surface area (Å²) >= 11 is 0. The van der Waals surface area contributed by atoms with Crippen LogP contribution in [0.15, 0.2) is 12.5 Å². The molecule has 0 saturated heterocycles. The molecule has 0 radical (unpaired) electrons. The summed E-state index contributed by atoms with van der Waals surface area (Å²) in [7, 11) is 0. The van der Waals surface area contributed by atoms with Gasteiger partial charge in [0.05, 0.1) is 6.54 Å². The van der Waals surface area contributed by atoms with Crippen LogP contribution in [0.25, 0.3) is 0 Å². The van der Waals surface area contributed by atoms with E-state index in [1.807, 2.05) is 0 Å². The topological polar surface area (TPSA) is 78.0 Å². The van der Waals surface area contributed by atoms with Crippen molar-refractivity contribution in [2.45, 2.75) is 20.4 Å². The van der Waals surface area contributed by atoms with Gasteiger partial charge in [0.1, 0.15) is 6.20 Å². The van der Waals surface area contributed by atoms with Crippen molar-refractivity contribution in [1.82, 2.24) is 9.55 Å². The van der Waals surface area contributed by atoms with E-state index >= 15 is 0 Å². The van der Waals surface area contributed by atoms with Crippen LogP contribution in [0.5, 0.6) is 0 Å². The first kappa shape index (κ1) is 10.4. The SMILES string of the molecule is CC(C)C(=O)Cn1cnc([N+](=O)[O-])c1. The lowest BCUT2D eigenvalue weighted by Crippen LogP contribution is -2.14. The molecule has 1 heterocycles. The van der Waals surface area contributed by atoms with Gasteiger partial charge in [0.25, 0.3) is 0 Å². The van der Waals surface area contributed by atoms with E-state index in [1.165, 1.54) is 17.1 Å². The minimum atomic E-state index is -0.587. The molecule has 0 aliphatic rings. The van der Waals surface area contributed by atoms with Crippen LogP contribution in [0, 0.1) is 16.0 Å². The van der Waals surface area contributed by atoms with Crippen LogP contribution < -0.4 is 0 Å². The van der Waals surface area contributed by atoms with E-state index in [0.29, 0.717) is 0 Å². The summed E-state index contributed by atoms with van der Waals surface area (Å²) in [6, 6.07) is 0. The van der Waals surface area contributed by atoms with Crippen LogP contribution in [0.2, 0.25) is 0 Å². The van der Waals surface area contributed by atoms with Crippen molar-refractivity contribution in [1.29, 1.82) is 0 Å². The van der Waals surface area contributed by atoms with Gasteiger partial charge >= 0.3 is 5.82 Å². The highest BCUT2D eigenvalue weighted by molar-refractivity contribution is 5.80. The Bertz CT molecular complexity index is 356. The number of imidazole rings is 1. The maximum absolute atomic E-state index is 11.3. The molecular formula is C8H11N3O3. The predicted octanol–water partition coefficient (Wildman–Crippen LogP) is 1.02. The molecule has 1 rings (SSSR count). The molecule has 0 aliphatic carbocycles. The highest BCUT2D eigenvalue weighted by Gasteiger charge is 2.13. The Labute approximate surface area is 80.7 Å². The highest BCUT2D eigenvalue weighted by atomic mass is 16.6. The van der Waals surface area contributed by atoms with Crippen LogP contribution in [0.3, 0.4) is 0 Å². The normalized spacial score (nSPS) is 10.5. The van der Waals surface area contributed by atoms with Crippen molar-refractivity contribution in [3.05, 3.63) is 22.6 Å². The summed E-state index contributed by atoms with van der Waals surface area (Å²) in [5.41, 5.74) is 0. The van der Waals surface area contributed by atoms with Gasteiger partial charge in [-0.25, -0.2) is 0 Å². The fourth-order valence-corrected chi connectivity index (χ4v) is 0.892. The monoisotopic (exact) mass is 197 g/mol. The Hall–Kier alpha value is -1.72. The molecule has 0 amide bonds. The van der Waals surface area contributed by atoms with E-state index in [0.717, 1.165) is 0 Å². The molecule has 6 nitrogen and oxygen atoms in total. The molecule has 0 spiro atoms. The van der Waals surface area contributed by atoms with E-state index < -0.39 is 4.92 Å². The lowest BCUT2D eigenvalue weighted by molar-refractivity contribution is -0.389. The number of carbonyl (C=O) groups excluding carboxylic acids is 1. The number of carbonyl (C=O) groups is 1. The minimum absolute atomic E-state index is 0.0253. The van der Waals surface area contributed by atoms with Gasteiger partial charge in [-0.3, -0.25) is 4.79 Å². The Morgan fingerprint density at radius 3 is 2.79 bits per heavy atom. The Kier molecular flexibility index (Phi) is 2.95. The van der Waals surface area contributed by atoms with E-state index in [1.54, 1.807) is 13.8 Å². The molecule has 0 atom stereocenters. The summed E-state index contributed by atoms with van der Waals surface area (Å²) in [4.78, 5) is 24.5. The van der Waals surface area contributed by atoms with Crippen LogP contribution >= 0.6 is 0 Å². The fraction of sp³-hybridized carbons (Fsp3) is 0.500. The van der Waals surface area contributed by atoms with Crippen molar-refractivity contribution < 1.29 is 9.72 Å². The van der Waals surface area contributed by atoms with Crippen molar-refractivity contribution in [3.8, 4) is 0 Å². The maximum Gasteiger partial charge on any atom is 0.381 e. The second-order valence-corrected chi connectivity index (χ2v) is 3.28. The molecule has 6 heteroatoms. The van der Waals surface area contributed by atoms with Crippen LogP contribution in [0.4, 0.5) is 5.82 Å². The lowest BCUT2D eigenvalue weighted by Gasteiger charge is -2.02. The number of hydrogen-bond donors (Lipinski definition) is 0. The number of rotatable bonds is 4. The van der Waals surface area contributed by atoms with E-state index in [4.69, 9.17) is 0 Å². The van der Waals surface area contributed by atoms with E-state index in [-0.39, 0.29) is 24.1 Å². The van der Waals surface area contributed by atoms with Gasteiger partial charge in [0.2, 0.25) is 6.33 Å². The van der Waals surface area contributed by atoms with Crippen LogP contribution in [0.1, 0.15) is 13.8 Å². The third-order valence-electron chi connectivity index (χ3n) is 1.79. The van der Waals surface area contributed by atoms with Gasteiger partial charge in [0.15, 0.2) is 5.78 Å². The standard InChI is InChI=1S/C8H11N3O3/c1-6(2)7(12)3-10-4-8(9-5-10)11(13)14/h4-6H,3H2,1-2H3. The molecule has 0 aromatic carbocycles. The molecular weight excluding hydrogens is 186 g/mol. The number of hydrogen-bond acceptors (Lipinski definition) is 4. The average Bonchev–Trinajstić information content (AvgIpc) is 2.52. The molecule has 0 unspecified atom stereocenters. The van der Waals surface area contributed by atoms with E-state index in [2.05, 4.69) is 4.98 Å². The fourth-order valence-electron chi connectivity index (χ4n) is 0.892. The van der Waals surface area contributed by atoms with Crippen LogP contribution in [-0.2, 0) is 11.3 Å². The number of aromatic nitrogens is 2. The zero-order chi connectivity index (χ0) is 10.7. The molecule has 1 aromatic heterocycles. The summed E-state index contributed by atoms with van der Waals surface area (Å²) in [6.45, 7) is 3.71. The molecule has 0 aliphatic heterocycles. The molecule has 0 N–H and O–H groups in total. The highest BCUT2D eigenvalue weighted by Crippen LogP contribution is 2.06. The minimum Gasteiger partial charge on any atom is -0.358 e. The van der Waals surface area contributed by atoms with Gasteiger partial charge in [-0.2, -0.15) is 0 Å². The van der Waals surface area contributed by atoms with E-state index in [9.17, 15) is 14.9 Å². The largest absolute Gasteiger partial charge is 0.381 e. The van der Waals surface area contributed by atoms with Crippen molar-refractivity contribution >= 4 is 11.6 Å². The van der Waals surface area contributed by atoms with Crippen molar-refractivity contribution in [3.63, 3.8) is 0 Å². The van der Waals surface area contributed by atoms with Gasteiger partial charge < -0.3 is 14.7 Å². The van der Waals surface area contributed by atoms with Gasteiger partial charge in [-0.1, -0.05) is 13.8 Å². The maximum atomic E-state index is 11.3. The molecule has 14 heavy (non-hydrogen) atoms. The number of ketones is 1. The van der Waals surface area contributed by atoms with Gasteiger partial charge in [-0.15, -0.1) is 0 Å². The second-order valence-electron chi connectivity index (χ2n) is 3.28. The zero-order valence-corrected chi connectivity index (χ0v) is 8.01. The summed E-state index contributed by atoms with van der Waals surface area (Å²) in [5, 5.41) is 10.3. The number of nitrogens with zero attached hydrogens (tertiary/aromatic N) is 3. The first-order valence-electron chi connectivity index (χ1n) is 4.19. The smallest absolute Gasteiger partial charge is 0.358 e. The van der Waals surface area contributed by atoms with Crippen molar-refractivity contribution in [2.75, 3.05) is 0 Å². The molecule has 76 valence electrons. The number of nitro groups is 1. The van der Waals surface area contributed by atoms with Crippen LogP contribution in [-0.4, -0.2) is 20.3 Å². The molecule has 1 aromatic rings. The zero-order valence-electron chi connectivity index (χ0n) is 8.01. The first-order chi connectivity index (χ1) is 6.50. The summed E-state index contributed by atoms with van der Waals surface area (Å²) in [5.74, 6) is -0.282. The molecule has 0 bridgehead atoms. The third kappa shape index (κ3) is 2.38. The predicted molar refractivity (Wildman–Crippen MR) is 48.7 cm³/mol. The quantitative estimate of drug-likeness (QED) is 0.533. The van der Waals surface area contributed by atoms with Crippen molar-refractivity contribution in [2.24, 2.45) is 5.92 Å². The first-order valence-corrected chi connectivity index (χ1v) is 4.19. The Morgan fingerprint density at radius 1 is 1.71 bits per heavy atom. The lowest BCUT2D eigenvalue weighted by atomic mass is 10.1. The Balaban J connectivity index is 2.69. The second kappa shape index (κ2) is 3.99.